The monoisotopic (exact) mass is 345 g/mol. The summed E-state index contributed by atoms with van der Waals surface area (Å²) in [5.74, 6) is -0.119. The predicted molar refractivity (Wildman–Crippen MR) is 89.7 cm³/mol. The minimum atomic E-state index is -3.76. The highest BCUT2D eigenvalue weighted by molar-refractivity contribution is 7.89. The SMILES string of the molecule is NS(=O)(=O)c1ccc(C(=O)N2CCCC[C@H]2c2ccccn2)cc1. The van der Waals surface area contributed by atoms with Crippen molar-refractivity contribution in [2.24, 2.45) is 5.14 Å². The molecule has 1 saturated heterocycles. The molecular weight excluding hydrogens is 326 g/mol. The van der Waals surface area contributed by atoms with Gasteiger partial charge in [-0.2, -0.15) is 0 Å². The molecule has 1 aromatic carbocycles. The fourth-order valence-corrected chi connectivity index (χ4v) is 3.52. The molecule has 0 aliphatic carbocycles. The van der Waals surface area contributed by atoms with E-state index in [0.717, 1.165) is 25.0 Å². The molecule has 2 aromatic rings. The third kappa shape index (κ3) is 3.47. The van der Waals surface area contributed by atoms with Crippen LogP contribution in [0.5, 0.6) is 0 Å². The van der Waals surface area contributed by atoms with E-state index in [9.17, 15) is 13.2 Å². The first-order valence-electron chi connectivity index (χ1n) is 7.81. The molecule has 1 aliphatic heterocycles. The summed E-state index contributed by atoms with van der Waals surface area (Å²) in [6, 6.07) is 11.4. The molecule has 1 aromatic heterocycles. The summed E-state index contributed by atoms with van der Waals surface area (Å²) in [6.07, 6.45) is 4.60. The van der Waals surface area contributed by atoms with Crippen molar-refractivity contribution < 1.29 is 13.2 Å². The second-order valence-corrected chi connectivity index (χ2v) is 7.40. The quantitative estimate of drug-likeness (QED) is 0.922. The highest BCUT2D eigenvalue weighted by atomic mass is 32.2. The molecule has 0 bridgehead atoms. The van der Waals surface area contributed by atoms with Crippen LogP contribution in [0.4, 0.5) is 0 Å². The number of piperidine rings is 1. The second kappa shape index (κ2) is 6.70. The maximum absolute atomic E-state index is 12.9. The number of amides is 1. The van der Waals surface area contributed by atoms with Crippen molar-refractivity contribution in [1.82, 2.24) is 9.88 Å². The molecule has 7 heteroatoms. The smallest absolute Gasteiger partial charge is 0.254 e. The second-order valence-electron chi connectivity index (χ2n) is 5.83. The summed E-state index contributed by atoms with van der Waals surface area (Å²) in [7, 11) is -3.76. The fourth-order valence-electron chi connectivity index (χ4n) is 3.01. The number of rotatable bonds is 3. The molecular formula is C17H19N3O3S. The number of nitrogens with zero attached hydrogens (tertiary/aromatic N) is 2. The normalized spacial score (nSPS) is 18.4. The van der Waals surface area contributed by atoms with Gasteiger partial charge in [-0.3, -0.25) is 9.78 Å². The molecule has 1 atom stereocenters. The molecule has 0 radical (unpaired) electrons. The van der Waals surface area contributed by atoms with Crippen LogP contribution in [0.15, 0.2) is 53.6 Å². The van der Waals surface area contributed by atoms with Crippen LogP contribution < -0.4 is 5.14 Å². The Morgan fingerprint density at radius 3 is 2.50 bits per heavy atom. The summed E-state index contributed by atoms with van der Waals surface area (Å²) >= 11 is 0. The van der Waals surface area contributed by atoms with E-state index < -0.39 is 10.0 Å². The molecule has 6 nitrogen and oxygen atoms in total. The van der Waals surface area contributed by atoms with Gasteiger partial charge in [0.15, 0.2) is 0 Å². The molecule has 2 N–H and O–H groups in total. The maximum atomic E-state index is 12.9. The Morgan fingerprint density at radius 1 is 1.12 bits per heavy atom. The molecule has 1 aliphatic rings. The molecule has 3 rings (SSSR count). The average Bonchev–Trinajstić information content (AvgIpc) is 2.61. The zero-order valence-electron chi connectivity index (χ0n) is 13.1. The number of nitrogens with two attached hydrogens (primary N) is 1. The van der Waals surface area contributed by atoms with Gasteiger partial charge < -0.3 is 4.90 Å². The van der Waals surface area contributed by atoms with E-state index in [-0.39, 0.29) is 16.8 Å². The van der Waals surface area contributed by atoms with E-state index in [1.54, 1.807) is 6.20 Å². The van der Waals surface area contributed by atoms with Gasteiger partial charge in [0.1, 0.15) is 0 Å². The third-order valence-electron chi connectivity index (χ3n) is 4.22. The van der Waals surface area contributed by atoms with E-state index in [1.165, 1.54) is 24.3 Å². The lowest BCUT2D eigenvalue weighted by molar-refractivity contribution is 0.0606. The number of aromatic nitrogens is 1. The van der Waals surface area contributed by atoms with Gasteiger partial charge in [0.25, 0.3) is 5.91 Å². The van der Waals surface area contributed by atoms with Crippen molar-refractivity contribution in [2.75, 3.05) is 6.54 Å². The topological polar surface area (TPSA) is 93.4 Å². The van der Waals surface area contributed by atoms with Gasteiger partial charge in [-0.15, -0.1) is 0 Å². The highest BCUT2D eigenvalue weighted by Crippen LogP contribution is 2.31. The average molecular weight is 345 g/mol. The van der Waals surface area contributed by atoms with Crippen molar-refractivity contribution in [2.45, 2.75) is 30.2 Å². The standard InChI is InChI=1S/C17H19N3O3S/c18-24(22,23)14-9-7-13(8-10-14)17(21)20-12-4-2-6-16(20)15-5-1-3-11-19-15/h1,3,5,7-11,16H,2,4,6,12H2,(H2,18,22,23)/t16-/m0/s1. The Balaban J connectivity index is 1.87. The molecule has 0 spiro atoms. The number of likely N-dealkylation sites (tertiary alicyclic amines) is 1. The van der Waals surface area contributed by atoms with E-state index >= 15 is 0 Å². The van der Waals surface area contributed by atoms with Crippen LogP contribution in [0.3, 0.4) is 0 Å². The Kier molecular flexibility index (Phi) is 4.64. The summed E-state index contributed by atoms with van der Waals surface area (Å²) in [5, 5.41) is 5.09. The van der Waals surface area contributed by atoms with Crippen molar-refractivity contribution in [3.63, 3.8) is 0 Å². The lowest BCUT2D eigenvalue weighted by atomic mass is 9.97. The zero-order valence-corrected chi connectivity index (χ0v) is 13.9. The first kappa shape index (κ1) is 16.6. The Bertz CT molecular complexity index is 820. The van der Waals surface area contributed by atoms with Crippen LogP contribution in [-0.4, -0.2) is 30.8 Å². The predicted octanol–water partition coefficient (Wildman–Crippen LogP) is 2.10. The number of carbonyl (C=O) groups excluding carboxylic acids is 1. The van der Waals surface area contributed by atoms with Crippen molar-refractivity contribution in [3.05, 3.63) is 59.9 Å². The van der Waals surface area contributed by atoms with Gasteiger partial charge in [-0.25, -0.2) is 13.6 Å². The maximum Gasteiger partial charge on any atom is 0.254 e. The number of primary sulfonamides is 1. The van der Waals surface area contributed by atoms with Gasteiger partial charge >= 0.3 is 0 Å². The lowest BCUT2D eigenvalue weighted by Crippen LogP contribution is -2.38. The summed E-state index contributed by atoms with van der Waals surface area (Å²) < 4.78 is 22.7. The van der Waals surface area contributed by atoms with Gasteiger partial charge in [0.05, 0.1) is 16.6 Å². The molecule has 126 valence electrons. The van der Waals surface area contributed by atoms with Crippen LogP contribution in [-0.2, 0) is 10.0 Å². The van der Waals surface area contributed by atoms with Gasteiger partial charge in [-0.1, -0.05) is 6.07 Å². The Hall–Kier alpha value is -2.25. The third-order valence-corrected chi connectivity index (χ3v) is 5.15. The van der Waals surface area contributed by atoms with Gasteiger partial charge in [0, 0.05) is 18.3 Å². The zero-order chi connectivity index (χ0) is 17.2. The Morgan fingerprint density at radius 2 is 1.88 bits per heavy atom. The van der Waals surface area contributed by atoms with Crippen molar-refractivity contribution in [1.29, 1.82) is 0 Å². The van der Waals surface area contributed by atoms with Crippen molar-refractivity contribution in [3.8, 4) is 0 Å². The van der Waals surface area contributed by atoms with Crippen molar-refractivity contribution >= 4 is 15.9 Å². The number of carbonyl (C=O) groups is 1. The van der Waals surface area contributed by atoms with Crippen LogP contribution in [0.2, 0.25) is 0 Å². The number of pyridine rings is 1. The molecule has 2 heterocycles. The van der Waals surface area contributed by atoms with Gasteiger partial charge in [-0.05, 0) is 55.7 Å². The Labute approximate surface area is 141 Å². The molecule has 0 saturated carbocycles. The van der Waals surface area contributed by atoms with Crippen LogP contribution in [0, 0.1) is 0 Å². The largest absolute Gasteiger partial charge is 0.330 e. The van der Waals surface area contributed by atoms with Gasteiger partial charge in [0.2, 0.25) is 10.0 Å². The summed E-state index contributed by atoms with van der Waals surface area (Å²) in [4.78, 5) is 19.1. The lowest BCUT2D eigenvalue weighted by Gasteiger charge is -2.35. The minimum Gasteiger partial charge on any atom is -0.330 e. The number of benzene rings is 1. The van der Waals surface area contributed by atoms with Crippen LogP contribution in [0.25, 0.3) is 0 Å². The molecule has 24 heavy (non-hydrogen) atoms. The first-order chi connectivity index (χ1) is 11.5. The number of hydrogen-bond acceptors (Lipinski definition) is 4. The van der Waals surface area contributed by atoms with E-state index in [1.807, 2.05) is 23.1 Å². The first-order valence-corrected chi connectivity index (χ1v) is 9.36. The summed E-state index contributed by atoms with van der Waals surface area (Å²) in [6.45, 7) is 0.664. The van der Waals surface area contributed by atoms with E-state index in [2.05, 4.69) is 4.98 Å². The van der Waals surface area contributed by atoms with E-state index in [4.69, 9.17) is 5.14 Å². The minimum absolute atomic E-state index is 0.000954. The fraction of sp³-hybridized carbons (Fsp3) is 0.294. The van der Waals surface area contributed by atoms with Crippen LogP contribution >= 0.6 is 0 Å². The molecule has 1 fully saturated rings. The molecule has 0 unspecified atom stereocenters. The highest BCUT2D eigenvalue weighted by Gasteiger charge is 2.29. The number of sulfonamides is 1. The summed E-state index contributed by atoms with van der Waals surface area (Å²) in [5.41, 5.74) is 1.33. The van der Waals surface area contributed by atoms with E-state index in [0.29, 0.717) is 12.1 Å². The number of hydrogen-bond donors (Lipinski definition) is 1. The molecule has 1 amide bonds. The van der Waals surface area contributed by atoms with Crippen LogP contribution in [0.1, 0.15) is 41.4 Å².